The van der Waals surface area contributed by atoms with Gasteiger partial charge >= 0.3 is 0 Å². The van der Waals surface area contributed by atoms with Crippen LogP contribution in [0.25, 0.3) is 0 Å². The van der Waals surface area contributed by atoms with Crippen LogP contribution in [0.2, 0.25) is 0 Å². The largest absolute Gasteiger partial charge is 0.467 e. The van der Waals surface area contributed by atoms with Crippen LogP contribution in [-0.4, -0.2) is 27.7 Å². The minimum Gasteiger partial charge on any atom is -0.467 e. The molecule has 1 saturated carbocycles. The number of ether oxygens (including phenoxy) is 1. The molecule has 1 saturated heterocycles. The zero-order valence-electron chi connectivity index (χ0n) is 19.0. The van der Waals surface area contributed by atoms with Gasteiger partial charge in [0.1, 0.15) is 11.7 Å². The lowest BCUT2D eigenvalue weighted by atomic mass is 9.77. The van der Waals surface area contributed by atoms with Crippen molar-refractivity contribution >= 4 is 28.9 Å². The lowest BCUT2D eigenvalue weighted by Crippen LogP contribution is -2.73. The Hall–Kier alpha value is -2.60. The third-order valence-corrected chi connectivity index (χ3v) is 7.63. The number of para-hydroxylation sites is 1. The third kappa shape index (κ3) is 3.45. The number of fused-ring (bicyclic) bond motifs is 4. The Balaban J connectivity index is 1.56. The second-order valence-electron chi connectivity index (χ2n) is 9.57. The topological polar surface area (TPSA) is 53.6 Å². The average molecular weight is 450 g/mol. The Morgan fingerprint density at radius 3 is 2.66 bits per heavy atom. The maximum absolute atomic E-state index is 13.9. The highest BCUT2D eigenvalue weighted by Gasteiger charge is 2.59. The summed E-state index contributed by atoms with van der Waals surface area (Å²) in [5, 5.41) is 7.42. The lowest BCUT2D eigenvalue weighted by molar-refractivity contribution is -0.156. The number of carbonyl (C=O) groups is 1. The van der Waals surface area contributed by atoms with Crippen LogP contribution in [0.1, 0.15) is 61.8 Å². The van der Waals surface area contributed by atoms with Crippen molar-refractivity contribution in [3.05, 3.63) is 59.2 Å². The molecule has 1 aliphatic carbocycles. The highest BCUT2D eigenvalue weighted by molar-refractivity contribution is 7.80. The van der Waals surface area contributed by atoms with Gasteiger partial charge in [-0.2, -0.15) is 0 Å². The number of carbonyl (C=O) groups excluding carboxylic acids is 1. The number of hydrogen-bond donors (Lipinski definition) is 2. The van der Waals surface area contributed by atoms with E-state index in [-0.39, 0.29) is 18.0 Å². The lowest BCUT2D eigenvalue weighted by Gasteiger charge is -2.58. The molecular weight excluding hydrogens is 418 g/mol. The minimum absolute atomic E-state index is 0.0465. The molecule has 0 spiro atoms. The van der Waals surface area contributed by atoms with E-state index in [1.807, 2.05) is 50.2 Å². The van der Waals surface area contributed by atoms with Gasteiger partial charge in [0.2, 0.25) is 5.91 Å². The molecule has 2 aromatic carbocycles. The maximum Gasteiger partial charge on any atom is 0.236 e. The van der Waals surface area contributed by atoms with Gasteiger partial charge in [-0.1, -0.05) is 55.2 Å². The summed E-state index contributed by atoms with van der Waals surface area (Å²) >= 11 is 5.87. The van der Waals surface area contributed by atoms with Crippen LogP contribution in [0.4, 0.5) is 5.69 Å². The first-order valence-corrected chi connectivity index (χ1v) is 12.1. The maximum atomic E-state index is 13.9. The number of nitrogens with one attached hydrogen (secondary N) is 2. The molecular formula is C26H31N3O2S. The highest BCUT2D eigenvalue weighted by Crippen LogP contribution is 2.50. The fraction of sp³-hybridized carbons (Fsp3) is 0.462. The minimum atomic E-state index is -0.855. The SMILES string of the molecule is Cc1ccc(NC(=O)C2C3NC(=S)N(C4CCCCC4)C2(C)Oc2ccccc23)c(C)c1. The predicted molar refractivity (Wildman–Crippen MR) is 131 cm³/mol. The van der Waals surface area contributed by atoms with Gasteiger partial charge in [-0.3, -0.25) is 4.79 Å². The van der Waals surface area contributed by atoms with Crippen LogP contribution < -0.4 is 15.4 Å². The van der Waals surface area contributed by atoms with E-state index in [1.165, 1.54) is 24.8 Å². The van der Waals surface area contributed by atoms with E-state index < -0.39 is 11.6 Å². The van der Waals surface area contributed by atoms with E-state index in [1.54, 1.807) is 0 Å². The van der Waals surface area contributed by atoms with Crippen molar-refractivity contribution < 1.29 is 9.53 Å². The van der Waals surface area contributed by atoms with Gasteiger partial charge in [-0.25, -0.2) is 0 Å². The summed E-state index contributed by atoms with van der Waals surface area (Å²) < 4.78 is 6.68. The van der Waals surface area contributed by atoms with Crippen molar-refractivity contribution in [3.63, 3.8) is 0 Å². The van der Waals surface area contributed by atoms with Crippen LogP contribution in [0.15, 0.2) is 42.5 Å². The monoisotopic (exact) mass is 449 g/mol. The van der Waals surface area contributed by atoms with Crippen molar-refractivity contribution in [2.75, 3.05) is 5.32 Å². The van der Waals surface area contributed by atoms with Gasteiger partial charge in [-0.05, 0) is 63.5 Å². The predicted octanol–water partition coefficient (Wildman–Crippen LogP) is 5.23. The molecule has 2 bridgehead atoms. The standard InChI is InChI=1S/C26H31N3O2S/c1-16-13-14-20(17(2)15-16)27-24(30)22-23-19-11-7-8-12-21(19)31-26(22,3)29(25(32)28-23)18-9-5-4-6-10-18/h7-8,11-15,18,22-23H,4-6,9-10H2,1-3H3,(H,27,30)(H,28,32). The zero-order valence-corrected chi connectivity index (χ0v) is 19.8. The molecule has 2 heterocycles. The van der Waals surface area contributed by atoms with Crippen molar-refractivity contribution in [1.82, 2.24) is 10.2 Å². The first-order chi connectivity index (χ1) is 15.4. The molecule has 3 atom stereocenters. The van der Waals surface area contributed by atoms with Crippen LogP contribution in [0, 0.1) is 19.8 Å². The molecule has 5 rings (SSSR count). The summed E-state index contributed by atoms with van der Waals surface area (Å²) in [7, 11) is 0. The molecule has 0 aromatic heterocycles. The van der Waals surface area contributed by atoms with E-state index in [0.717, 1.165) is 35.4 Å². The van der Waals surface area contributed by atoms with E-state index in [2.05, 4.69) is 28.5 Å². The molecule has 168 valence electrons. The molecule has 6 heteroatoms. The van der Waals surface area contributed by atoms with Crippen LogP contribution in [0.3, 0.4) is 0 Å². The number of hydrogen-bond acceptors (Lipinski definition) is 3. The van der Waals surface area contributed by atoms with Crippen LogP contribution in [0.5, 0.6) is 5.75 Å². The van der Waals surface area contributed by atoms with E-state index >= 15 is 0 Å². The van der Waals surface area contributed by atoms with Crippen molar-refractivity contribution in [1.29, 1.82) is 0 Å². The number of rotatable bonds is 3. The Morgan fingerprint density at radius 1 is 1.16 bits per heavy atom. The van der Waals surface area contributed by atoms with Crippen LogP contribution >= 0.6 is 12.2 Å². The molecule has 2 aliphatic heterocycles. The Morgan fingerprint density at radius 2 is 1.91 bits per heavy atom. The quantitative estimate of drug-likeness (QED) is 0.629. The third-order valence-electron chi connectivity index (χ3n) is 7.32. The van der Waals surface area contributed by atoms with E-state index in [4.69, 9.17) is 17.0 Å². The normalized spacial score (nSPS) is 27.2. The van der Waals surface area contributed by atoms with Gasteiger partial charge in [-0.15, -0.1) is 0 Å². The van der Waals surface area contributed by atoms with Gasteiger partial charge in [0.25, 0.3) is 0 Å². The molecule has 0 radical (unpaired) electrons. The fourth-order valence-corrected chi connectivity index (χ4v) is 6.25. The van der Waals surface area contributed by atoms with E-state index in [0.29, 0.717) is 5.11 Å². The van der Waals surface area contributed by atoms with Crippen molar-refractivity contribution in [2.24, 2.45) is 5.92 Å². The number of amides is 1. The molecule has 32 heavy (non-hydrogen) atoms. The van der Waals surface area contributed by atoms with Crippen molar-refractivity contribution in [3.8, 4) is 5.75 Å². The van der Waals surface area contributed by atoms with Gasteiger partial charge in [0.05, 0.1) is 6.04 Å². The number of anilines is 1. The summed E-state index contributed by atoms with van der Waals surface area (Å²) in [4.78, 5) is 16.1. The van der Waals surface area contributed by atoms with E-state index in [9.17, 15) is 4.79 Å². The number of thiocarbonyl (C=S) groups is 1. The number of benzene rings is 2. The van der Waals surface area contributed by atoms with Gasteiger partial charge in [0.15, 0.2) is 10.8 Å². The van der Waals surface area contributed by atoms with Crippen molar-refractivity contribution in [2.45, 2.75) is 70.7 Å². The summed E-state index contributed by atoms with van der Waals surface area (Å²) in [6.07, 6.45) is 5.75. The molecule has 5 nitrogen and oxygen atoms in total. The molecule has 1 amide bonds. The summed E-state index contributed by atoms with van der Waals surface area (Å²) in [5.41, 5.74) is 3.20. The Kier molecular flexibility index (Phi) is 5.36. The molecule has 2 aromatic rings. The fourth-order valence-electron chi connectivity index (χ4n) is 5.80. The molecule has 2 N–H and O–H groups in total. The second-order valence-corrected chi connectivity index (χ2v) is 9.96. The number of aryl methyl sites for hydroxylation is 2. The average Bonchev–Trinajstić information content (AvgIpc) is 2.75. The van der Waals surface area contributed by atoms with Gasteiger partial charge in [0, 0.05) is 17.3 Å². The Bertz CT molecular complexity index is 1060. The van der Waals surface area contributed by atoms with Gasteiger partial charge < -0.3 is 20.3 Å². The Labute approximate surface area is 195 Å². The smallest absolute Gasteiger partial charge is 0.236 e. The summed E-state index contributed by atoms with van der Waals surface area (Å²) in [6, 6.07) is 14.1. The second kappa shape index (κ2) is 8.07. The summed E-state index contributed by atoms with van der Waals surface area (Å²) in [6.45, 7) is 6.13. The molecule has 3 unspecified atom stereocenters. The summed E-state index contributed by atoms with van der Waals surface area (Å²) in [5.74, 6) is 0.327. The zero-order chi connectivity index (χ0) is 22.5. The first-order valence-electron chi connectivity index (χ1n) is 11.6. The molecule has 2 fully saturated rings. The highest BCUT2D eigenvalue weighted by atomic mass is 32.1. The first kappa shape index (κ1) is 21.3. The number of nitrogens with zero attached hydrogens (tertiary/aromatic N) is 1. The van der Waals surface area contributed by atoms with Crippen LogP contribution in [-0.2, 0) is 4.79 Å². The molecule has 3 aliphatic rings.